The molecule has 0 saturated heterocycles. The first-order valence-corrected chi connectivity index (χ1v) is 7.22. The minimum atomic E-state index is 0.230. The third-order valence-corrected chi connectivity index (χ3v) is 3.72. The number of hydrogen-bond acceptors (Lipinski definition) is 3. The normalized spacial score (nSPS) is 12.7. The molecule has 1 unspecified atom stereocenters. The molecule has 0 aliphatic rings. The van der Waals surface area contributed by atoms with Gasteiger partial charge in [0.2, 0.25) is 0 Å². The van der Waals surface area contributed by atoms with Crippen LogP contribution in [0.3, 0.4) is 0 Å². The molecule has 0 heterocycles. The number of rotatable bonds is 8. The Hall–Kier alpha value is -0.900. The minimum absolute atomic E-state index is 0.230. The van der Waals surface area contributed by atoms with Gasteiger partial charge in [-0.1, -0.05) is 12.1 Å². The molecule has 1 atom stereocenters. The maximum Gasteiger partial charge on any atom is 0.0447 e. The Morgan fingerprint density at radius 3 is 2.37 bits per heavy atom. The van der Waals surface area contributed by atoms with E-state index in [2.05, 4.69) is 38.2 Å². The molecule has 3 nitrogen and oxygen atoms in total. The topological polar surface area (TPSA) is 58.3 Å². The molecule has 0 saturated carbocycles. The highest BCUT2D eigenvalue weighted by Gasteiger charge is 2.12. The molecule has 1 aromatic carbocycles. The molecule has 0 aromatic heterocycles. The maximum absolute atomic E-state index is 8.75. The number of aryl methyl sites for hydroxylation is 3. The summed E-state index contributed by atoms with van der Waals surface area (Å²) in [6.07, 6.45) is 3.03. The molecule has 1 aromatic rings. The fourth-order valence-corrected chi connectivity index (χ4v) is 2.37. The van der Waals surface area contributed by atoms with Crippen LogP contribution in [0.5, 0.6) is 0 Å². The summed E-state index contributed by atoms with van der Waals surface area (Å²) >= 11 is 0. The predicted octanol–water partition coefficient (Wildman–Crippen LogP) is 2.36. The highest BCUT2D eigenvalue weighted by atomic mass is 16.2. The van der Waals surface area contributed by atoms with Crippen molar-refractivity contribution in [3.05, 3.63) is 34.4 Å². The molecular weight excluding hydrogens is 236 g/mol. The maximum atomic E-state index is 8.75. The van der Waals surface area contributed by atoms with Gasteiger partial charge in [0.25, 0.3) is 0 Å². The quantitative estimate of drug-likeness (QED) is 0.632. The van der Waals surface area contributed by atoms with E-state index >= 15 is 0 Å². The third kappa shape index (κ3) is 4.94. The van der Waals surface area contributed by atoms with Gasteiger partial charge in [0.05, 0.1) is 0 Å². The van der Waals surface area contributed by atoms with Gasteiger partial charge in [-0.15, -0.1) is 0 Å². The van der Waals surface area contributed by atoms with Crippen molar-refractivity contribution in [1.82, 2.24) is 5.32 Å². The zero-order valence-electron chi connectivity index (χ0n) is 12.5. The summed E-state index contributed by atoms with van der Waals surface area (Å²) in [5, 5.41) is 12.3. The standard InChI is InChI=1S/C16H28N2O/c1-12-9-14(3)15(10-13(12)2)16(11-17)18-7-5-4-6-8-19/h9-10,16,18-19H,4-8,11,17H2,1-3H3. The van der Waals surface area contributed by atoms with Crippen molar-refractivity contribution >= 4 is 0 Å². The van der Waals surface area contributed by atoms with Gasteiger partial charge in [0, 0.05) is 19.2 Å². The Labute approximate surface area is 117 Å². The first-order chi connectivity index (χ1) is 9.10. The van der Waals surface area contributed by atoms with Gasteiger partial charge in [-0.3, -0.25) is 0 Å². The Morgan fingerprint density at radius 1 is 1.05 bits per heavy atom. The predicted molar refractivity (Wildman–Crippen MR) is 81.4 cm³/mol. The SMILES string of the molecule is Cc1cc(C)c(C(CN)NCCCCCO)cc1C. The van der Waals surface area contributed by atoms with Gasteiger partial charge in [0.15, 0.2) is 0 Å². The largest absolute Gasteiger partial charge is 0.396 e. The second-order valence-corrected chi connectivity index (χ2v) is 5.32. The fourth-order valence-electron chi connectivity index (χ4n) is 2.37. The highest BCUT2D eigenvalue weighted by Crippen LogP contribution is 2.21. The molecular formula is C16H28N2O. The molecule has 3 heteroatoms. The van der Waals surface area contributed by atoms with Crippen LogP contribution in [0.2, 0.25) is 0 Å². The molecule has 0 aliphatic carbocycles. The monoisotopic (exact) mass is 264 g/mol. The molecule has 0 radical (unpaired) electrons. The number of benzene rings is 1. The second-order valence-electron chi connectivity index (χ2n) is 5.32. The zero-order valence-corrected chi connectivity index (χ0v) is 12.5. The van der Waals surface area contributed by atoms with Crippen LogP contribution < -0.4 is 11.1 Å². The lowest BCUT2D eigenvalue weighted by atomic mass is 9.95. The molecule has 0 spiro atoms. The lowest BCUT2D eigenvalue weighted by Gasteiger charge is -2.21. The van der Waals surface area contributed by atoms with Crippen molar-refractivity contribution in [3.63, 3.8) is 0 Å². The summed E-state index contributed by atoms with van der Waals surface area (Å²) < 4.78 is 0. The van der Waals surface area contributed by atoms with Crippen molar-refractivity contribution in [2.24, 2.45) is 5.73 Å². The Kier molecular flexibility index (Phi) is 7.06. The van der Waals surface area contributed by atoms with Gasteiger partial charge in [0.1, 0.15) is 0 Å². The van der Waals surface area contributed by atoms with Crippen LogP contribution in [-0.2, 0) is 0 Å². The van der Waals surface area contributed by atoms with Gasteiger partial charge < -0.3 is 16.2 Å². The Bertz CT molecular complexity index is 391. The van der Waals surface area contributed by atoms with E-state index in [0.29, 0.717) is 6.54 Å². The second kappa shape index (κ2) is 8.31. The van der Waals surface area contributed by atoms with Crippen molar-refractivity contribution in [1.29, 1.82) is 0 Å². The summed E-state index contributed by atoms with van der Waals surface area (Å²) in [5.41, 5.74) is 11.2. The van der Waals surface area contributed by atoms with E-state index < -0.39 is 0 Å². The Balaban J connectivity index is 2.61. The summed E-state index contributed by atoms with van der Waals surface area (Å²) in [4.78, 5) is 0. The minimum Gasteiger partial charge on any atom is -0.396 e. The van der Waals surface area contributed by atoms with E-state index in [0.717, 1.165) is 25.8 Å². The van der Waals surface area contributed by atoms with Crippen LogP contribution >= 0.6 is 0 Å². The number of unbranched alkanes of at least 4 members (excludes halogenated alkanes) is 2. The molecule has 1 rings (SSSR count). The Morgan fingerprint density at radius 2 is 1.74 bits per heavy atom. The molecule has 0 bridgehead atoms. The molecule has 4 N–H and O–H groups in total. The molecule has 0 aliphatic heterocycles. The highest BCUT2D eigenvalue weighted by molar-refractivity contribution is 5.38. The first-order valence-electron chi connectivity index (χ1n) is 7.22. The summed E-state index contributed by atoms with van der Waals surface area (Å²) in [5.74, 6) is 0. The van der Waals surface area contributed by atoms with Crippen molar-refractivity contribution in [2.45, 2.75) is 46.1 Å². The number of nitrogens with one attached hydrogen (secondary N) is 1. The lowest BCUT2D eigenvalue weighted by Crippen LogP contribution is -2.29. The van der Waals surface area contributed by atoms with Crippen LogP contribution in [0, 0.1) is 20.8 Å². The number of nitrogens with two attached hydrogens (primary N) is 1. The van der Waals surface area contributed by atoms with Gasteiger partial charge >= 0.3 is 0 Å². The van der Waals surface area contributed by atoms with Crippen molar-refractivity contribution in [3.8, 4) is 0 Å². The van der Waals surface area contributed by atoms with E-state index in [4.69, 9.17) is 10.8 Å². The number of hydrogen-bond donors (Lipinski definition) is 3. The first kappa shape index (κ1) is 16.2. The molecule has 108 valence electrons. The summed E-state index contributed by atoms with van der Waals surface area (Å²) in [6, 6.07) is 4.72. The summed E-state index contributed by atoms with van der Waals surface area (Å²) in [6.45, 7) is 8.30. The van der Waals surface area contributed by atoms with Crippen LogP contribution in [0.4, 0.5) is 0 Å². The van der Waals surface area contributed by atoms with E-state index in [-0.39, 0.29) is 12.6 Å². The fraction of sp³-hybridized carbons (Fsp3) is 0.625. The van der Waals surface area contributed by atoms with Gasteiger partial charge in [-0.25, -0.2) is 0 Å². The van der Waals surface area contributed by atoms with Crippen LogP contribution in [0.15, 0.2) is 12.1 Å². The van der Waals surface area contributed by atoms with E-state index in [1.807, 2.05) is 0 Å². The third-order valence-electron chi connectivity index (χ3n) is 3.72. The number of aliphatic hydroxyl groups excluding tert-OH is 1. The lowest BCUT2D eigenvalue weighted by molar-refractivity contribution is 0.282. The average Bonchev–Trinajstić information content (AvgIpc) is 2.39. The van der Waals surface area contributed by atoms with Crippen molar-refractivity contribution < 1.29 is 5.11 Å². The van der Waals surface area contributed by atoms with Gasteiger partial charge in [-0.2, -0.15) is 0 Å². The van der Waals surface area contributed by atoms with E-state index in [1.54, 1.807) is 0 Å². The van der Waals surface area contributed by atoms with Gasteiger partial charge in [-0.05, 0) is 68.8 Å². The smallest absolute Gasteiger partial charge is 0.0447 e. The molecule has 0 fully saturated rings. The zero-order chi connectivity index (χ0) is 14.3. The van der Waals surface area contributed by atoms with E-state index in [1.165, 1.54) is 22.3 Å². The molecule has 19 heavy (non-hydrogen) atoms. The van der Waals surface area contributed by atoms with E-state index in [9.17, 15) is 0 Å². The molecule has 0 amide bonds. The summed E-state index contributed by atoms with van der Waals surface area (Å²) in [7, 11) is 0. The van der Waals surface area contributed by atoms with Crippen molar-refractivity contribution in [2.75, 3.05) is 19.7 Å². The van der Waals surface area contributed by atoms with Crippen LogP contribution in [0.25, 0.3) is 0 Å². The number of aliphatic hydroxyl groups is 1. The average molecular weight is 264 g/mol. The van der Waals surface area contributed by atoms with Crippen LogP contribution in [0.1, 0.15) is 47.6 Å². The van der Waals surface area contributed by atoms with Crippen LogP contribution in [-0.4, -0.2) is 24.8 Å².